The lowest BCUT2D eigenvalue weighted by atomic mass is 10.2. The maximum absolute atomic E-state index is 12.8. The van der Waals surface area contributed by atoms with Gasteiger partial charge in [0.05, 0.1) is 21.8 Å². The number of hydrogen-bond donors (Lipinski definition) is 2. The van der Waals surface area contributed by atoms with E-state index in [1.807, 2.05) is 0 Å². The Morgan fingerprint density at radius 3 is 2.30 bits per heavy atom. The van der Waals surface area contributed by atoms with Crippen molar-refractivity contribution in [2.24, 2.45) is 0 Å². The predicted molar refractivity (Wildman–Crippen MR) is 132 cm³/mol. The summed E-state index contributed by atoms with van der Waals surface area (Å²) < 4.78 is 48.8. The van der Waals surface area contributed by atoms with E-state index >= 15 is 0 Å². The van der Waals surface area contributed by atoms with Crippen LogP contribution in [0.4, 0.5) is 24.5 Å². The van der Waals surface area contributed by atoms with E-state index in [1.54, 1.807) is 6.07 Å². The SMILES string of the molecule is C[C@@H](OC(=O)c1ccc(OCC(=O)Nc2cccc(C(F)(F)F)c2)cc1)C(=O)Nc1ccc(Cl)cc1Cl. The summed E-state index contributed by atoms with van der Waals surface area (Å²) >= 11 is 11.8. The number of carbonyl (C=O) groups excluding carboxylic acids is 3. The molecule has 0 spiro atoms. The van der Waals surface area contributed by atoms with Gasteiger partial charge < -0.3 is 20.1 Å². The highest BCUT2D eigenvalue weighted by atomic mass is 35.5. The molecule has 3 aromatic rings. The lowest BCUT2D eigenvalue weighted by molar-refractivity contribution is -0.137. The molecule has 3 aromatic carbocycles. The molecule has 0 saturated heterocycles. The second kappa shape index (κ2) is 12.0. The third kappa shape index (κ3) is 8.12. The number of nitrogens with one attached hydrogen (secondary N) is 2. The van der Waals surface area contributed by atoms with Gasteiger partial charge in [-0.2, -0.15) is 13.2 Å². The van der Waals surface area contributed by atoms with E-state index in [0.29, 0.717) is 10.7 Å². The largest absolute Gasteiger partial charge is 0.484 e. The van der Waals surface area contributed by atoms with Gasteiger partial charge >= 0.3 is 12.1 Å². The topological polar surface area (TPSA) is 93.7 Å². The number of carbonyl (C=O) groups is 3. The van der Waals surface area contributed by atoms with Crippen LogP contribution in [0.15, 0.2) is 66.7 Å². The average molecular weight is 555 g/mol. The van der Waals surface area contributed by atoms with Crippen molar-refractivity contribution in [1.29, 1.82) is 0 Å². The van der Waals surface area contributed by atoms with Crippen LogP contribution in [0.5, 0.6) is 5.75 Å². The smallest absolute Gasteiger partial charge is 0.416 e. The first kappa shape index (κ1) is 27.8. The van der Waals surface area contributed by atoms with Gasteiger partial charge in [0, 0.05) is 10.7 Å². The predicted octanol–water partition coefficient (Wildman–Crippen LogP) is 6.21. The van der Waals surface area contributed by atoms with Crippen LogP contribution in [-0.2, 0) is 20.5 Å². The fourth-order valence-electron chi connectivity index (χ4n) is 2.91. The number of benzene rings is 3. The number of halogens is 5. The van der Waals surface area contributed by atoms with Crippen LogP contribution in [0.25, 0.3) is 0 Å². The molecule has 0 radical (unpaired) electrons. The summed E-state index contributed by atoms with van der Waals surface area (Å²) in [4.78, 5) is 36.7. The number of ether oxygens (including phenoxy) is 2. The molecule has 0 fully saturated rings. The molecule has 2 N–H and O–H groups in total. The van der Waals surface area contributed by atoms with Gasteiger partial charge in [0.25, 0.3) is 11.8 Å². The van der Waals surface area contributed by atoms with Crippen LogP contribution >= 0.6 is 23.2 Å². The lowest BCUT2D eigenvalue weighted by Gasteiger charge is -2.14. The Labute approximate surface area is 219 Å². The molecule has 0 aliphatic rings. The van der Waals surface area contributed by atoms with Gasteiger partial charge in [-0.1, -0.05) is 29.3 Å². The van der Waals surface area contributed by atoms with E-state index in [2.05, 4.69) is 10.6 Å². The van der Waals surface area contributed by atoms with E-state index in [1.165, 1.54) is 55.5 Å². The Morgan fingerprint density at radius 1 is 0.946 bits per heavy atom. The fraction of sp³-hybridized carbons (Fsp3) is 0.160. The summed E-state index contributed by atoms with van der Waals surface area (Å²) in [7, 11) is 0. The van der Waals surface area contributed by atoms with Crippen LogP contribution in [-0.4, -0.2) is 30.5 Å². The first-order valence-electron chi connectivity index (χ1n) is 10.6. The Bertz CT molecular complexity index is 1300. The van der Waals surface area contributed by atoms with Crippen LogP contribution in [0, 0.1) is 0 Å². The summed E-state index contributed by atoms with van der Waals surface area (Å²) in [5.41, 5.74) is -0.505. The molecule has 37 heavy (non-hydrogen) atoms. The third-order valence-corrected chi connectivity index (χ3v) is 5.32. The molecular weight excluding hydrogens is 536 g/mol. The molecule has 7 nitrogen and oxygen atoms in total. The maximum atomic E-state index is 12.8. The first-order chi connectivity index (χ1) is 17.4. The zero-order valence-electron chi connectivity index (χ0n) is 19.1. The van der Waals surface area contributed by atoms with Crippen molar-refractivity contribution in [1.82, 2.24) is 0 Å². The normalized spacial score (nSPS) is 11.8. The van der Waals surface area contributed by atoms with Crippen molar-refractivity contribution in [2.45, 2.75) is 19.2 Å². The molecule has 0 aliphatic heterocycles. The summed E-state index contributed by atoms with van der Waals surface area (Å²) in [5.74, 6) is -1.84. The van der Waals surface area contributed by atoms with E-state index in [9.17, 15) is 27.6 Å². The van der Waals surface area contributed by atoms with Crippen molar-refractivity contribution in [2.75, 3.05) is 17.2 Å². The Hall–Kier alpha value is -3.76. The third-order valence-electron chi connectivity index (χ3n) is 4.78. The minimum atomic E-state index is -4.54. The van der Waals surface area contributed by atoms with Gasteiger partial charge in [0.15, 0.2) is 12.7 Å². The second-order valence-corrected chi connectivity index (χ2v) is 8.44. The molecule has 194 valence electrons. The van der Waals surface area contributed by atoms with E-state index in [-0.39, 0.29) is 22.0 Å². The molecule has 0 saturated carbocycles. The van der Waals surface area contributed by atoms with Crippen molar-refractivity contribution in [3.05, 3.63) is 87.9 Å². The van der Waals surface area contributed by atoms with Crippen molar-refractivity contribution >= 4 is 52.4 Å². The molecule has 12 heteroatoms. The quantitative estimate of drug-likeness (QED) is 0.323. The van der Waals surface area contributed by atoms with E-state index in [0.717, 1.165) is 12.1 Å². The van der Waals surface area contributed by atoms with Gasteiger partial charge in [-0.05, 0) is 67.6 Å². The first-order valence-corrected chi connectivity index (χ1v) is 11.3. The zero-order valence-corrected chi connectivity index (χ0v) is 20.6. The molecule has 3 rings (SSSR count). The molecule has 2 amide bonds. The highest BCUT2D eigenvalue weighted by Crippen LogP contribution is 2.30. The summed E-state index contributed by atoms with van der Waals surface area (Å²) in [5, 5.41) is 5.47. The highest BCUT2D eigenvalue weighted by molar-refractivity contribution is 6.36. The van der Waals surface area contributed by atoms with Crippen molar-refractivity contribution in [3.63, 3.8) is 0 Å². The van der Waals surface area contributed by atoms with Gasteiger partial charge in [-0.25, -0.2) is 4.79 Å². The number of amides is 2. The van der Waals surface area contributed by atoms with Gasteiger partial charge in [-0.3, -0.25) is 9.59 Å². The average Bonchev–Trinajstić information content (AvgIpc) is 2.84. The molecular formula is C25H19Cl2F3N2O5. The molecule has 0 heterocycles. The van der Waals surface area contributed by atoms with E-state index in [4.69, 9.17) is 32.7 Å². The minimum absolute atomic E-state index is 0.0296. The molecule has 0 aromatic heterocycles. The lowest BCUT2D eigenvalue weighted by Crippen LogP contribution is -2.30. The second-order valence-electron chi connectivity index (χ2n) is 7.60. The minimum Gasteiger partial charge on any atom is -0.484 e. The molecule has 1 atom stereocenters. The van der Waals surface area contributed by atoms with Crippen molar-refractivity contribution < 1.29 is 37.0 Å². The Balaban J connectivity index is 1.49. The number of rotatable bonds is 8. The van der Waals surface area contributed by atoms with Gasteiger partial charge in [0.1, 0.15) is 5.75 Å². The summed E-state index contributed by atoms with van der Waals surface area (Å²) in [6.07, 6.45) is -5.68. The fourth-order valence-corrected chi connectivity index (χ4v) is 3.37. The van der Waals surface area contributed by atoms with Crippen LogP contribution in [0.3, 0.4) is 0 Å². The van der Waals surface area contributed by atoms with E-state index < -0.39 is 42.2 Å². The maximum Gasteiger partial charge on any atom is 0.416 e. The van der Waals surface area contributed by atoms with Crippen molar-refractivity contribution in [3.8, 4) is 5.75 Å². The molecule has 0 bridgehead atoms. The number of alkyl halides is 3. The summed E-state index contributed by atoms with van der Waals surface area (Å²) in [6.45, 7) is 0.905. The Morgan fingerprint density at radius 2 is 1.65 bits per heavy atom. The van der Waals surface area contributed by atoms with Gasteiger partial charge in [0.2, 0.25) is 0 Å². The highest BCUT2D eigenvalue weighted by Gasteiger charge is 2.30. The van der Waals surface area contributed by atoms with Gasteiger partial charge in [-0.15, -0.1) is 0 Å². The van der Waals surface area contributed by atoms with Crippen LogP contribution in [0.1, 0.15) is 22.8 Å². The van der Waals surface area contributed by atoms with Crippen LogP contribution < -0.4 is 15.4 Å². The monoisotopic (exact) mass is 554 g/mol. The molecule has 0 unspecified atom stereocenters. The molecule has 0 aliphatic carbocycles. The zero-order chi connectivity index (χ0) is 27.2. The number of hydrogen-bond acceptors (Lipinski definition) is 5. The van der Waals surface area contributed by atoms with Crippen LogP contribution in [0.2, 0.25) is 10.0 Å². The number of esters is 1. The summed E-state index contributed by atoms with van der Waals surface area (Å²) in [6, 6.07) is 14.2. The Kier molecular flexibility index (Phi) is 9.01. The standard InChI is InChI=1S/C25H19Cl2F3N2O5/c1-14(23(34)32-21-10-7-17(26)12-20(21)27)37-24(35)15-5-8-19(9-6-15)36-13-22(33)31-18-4-2-3-16(11-18)25(28,29)30/h2-12,14H,13H2,1H3,(H,31,33)(H,32,34)/t14-/m1/s1. The number of anilines is 2.